The van der Waals surface area contributed by atoms with Gasteiger partial charge in [0.15, 0.2) is 0 Å². The van der Waals surface area contributed by atoms with Gasteiger partial charge in [-0.2, -0.15) is 0 Å². The van der Waals surface area contributed by atoms with E-state index in [9.17, 15) is 8.42 Å². The first-order valence-electron chi connectivity index (χ1n) is 4.12. The molecule has 0 unspecified atom stereocenters. The number of nitrogens with one attached hydrogen (secondary N) is 1. The first kappa shape index (κ1) is 10.2. The molecule has 0 aliphatic carbocycles. The molecule has 72 valence electrons. The Morgan fingerprint density at radius 2 is 2.08 bits per heavy atom. The SMILES string of the molecule is CCc1cccc(S(=O)(=O)NC)c1. The van der Waals surface area contributed by atoms with E-state index in [2.05, 4.69) is 4.72 Å². The van der Waals surface area contributed by atoms with E-state index in [4.69, 9.17) is 0 Å². The maximum atomic E-state index is 11.4. The summed E-state index contributed by atoms with van der Waals surface area (Å²) in [7, 11) is -1.87. The molecule has 0 bridgehead atoms. The van der Waals surface area contributed by atoms with E-state index >= 15 is 0 Å². The molecule has 0 saturated heterocycles. The molecule has 0 amide bonds. The van der Waals surface area contributed by atoms with Gasteiger partial charge >= 0.3 is 0 Å². The fourth-order valence-electron chi connectivity index (χ4n) is 1.05. The lowest BCUT2D eigenvalue weighted by Gasteiger charge is -2.03. The van der Waals surface area contributed by atoms with E-state index < -0.39 is 10.0 Å². The van der Waals surface area contributed by atoms with E-state index in [0.717, 1.165) is 12.0 Å². The maximum Gasteiger partial charge on any atom is 0.240 e. The standard InChI is InChI=1S/C9H13NO2S/c1-3-8-5-4-6-9(7-8)13(11,12)10-2/h4-7,10H,3H2,1-2H3. The molecule has 0 atom stereocenters. The van der Waals surface area contributed by atoms with Crippen LogP contribution in [0.1, 0.15) is 12.5 Å². The topological polar surface area (TPSA) is 46.2 Å². The second-order valence-corrected chi connectivity index (χ2v) is 4.60. The summed E-state index contributed by atoms with van der Waals surface area (Å²) in [5, 5.41) is 0. The molecule has 0 aromatic heterocycles. The first-order chi connectivity index (χ1) is 6.10. The Kier molecular flexibility index (Phi) is 3.06. The zero-order chi connectivity index (χ0) is 9.90. The van der Waals surface area contributed by atoms with Gasteiger partial charge in [-0.3, -0.25) is 0 Å². The van der Waals surface area contributed by atoms with E-state index in [-0.39, 0.29) is 0 Å². The van der Waals surface area contributed by atoms with Gasteiger partial charge in [0.05, 0.1) is 4.90 Å². The summed E-state index contributed by atoms with van der Waals surface area (Å²) in [6, 6.07) is 6.94. The zero-order valence-corrected chi connectivity index (χ0v) is 8.56. The van der Waals surface area contributed by atoms with Crippen molar-refractivity contribution in [1.82, 2.24) is 4.72 Å². The normalized spacial score (nSPS) is 11.5. The van der Waals surface area contributed by atoms with Gasteiger partial charge in [0.25, 0.3) is 0 Å². The molecular weight excluding hydrogens is 186 g/mol. The van der Waals surface area contributed by atoms with Crippen LogP contribution in [0.25, 0.3) is 0 Å². The fourth-order valence-corrected chi connectivity index (χ4v) is 1.85. The molecular formula is C9H13NO2S. The molecule has 4 heteroatoms. The van der Waals surface area contributed by atoms with Crippen molar-refractivity contribution >= 4 is 10.0 Å². The molecule has 0 aliphatic heterocycles. The van der Waals surface area contributed by atoms with Crippen LogP contribution in [-0.2, 0) is 16.4 Å². The fraction of sp³-hybridized carbons (Fsp3) is 0.333. The van der Waals surface area contributed by atoms with E-state index in [0.29, 0.717) is 4.90 Å². The second kappa shape index (κ2) is 3.89. The number of sulfonamides is 1. The lowest BCUT2D eigenvalue weighted by molar-refractivity contribution is 0.588. The van der Waals surface area contributed by atoms with Gasteiger partial charge in [-0.05, 0) is 31.2 Å². The van der Waals surface area contributed by atoms with Gasteiger partial charge in [-0.15, -0.1) is 0 Å². The number of aryl methyl sites for hydroxylation is 1. The molecule has 1 rings (SSSR count). The zero-order valence-electron chi connectivity index (χ0n) is 7.74. The Balaban J connectivity index is 3.17. The molecule has 0 saturated carbocycles. The molecule has 3 nitrogen and oxygen atoms in total. The Labute approximate surface area is 78.8 Å². The van der Waals surface area contributed by atoms with Crippen molar-refractivity contribution in [3.8, 4) is 0 Å². The minimum Gasteiger partial charge on any atom is -0.214 e. The average Bonchev–Trinajstić information content (AvgIpc) is 2.18. The van der Waals surface area contributed by atoms with Crippen molar-refractivity contribution in [2.75, 3.05) is 7.05 Å². The van der Waals surface area contributed by atoms with Gasteiger partial charge < -0.3 is 0 Å². The molecule has 1 aromatic carbocycles. The molecule has 0 heterocycles. The molecule has 13 heavy (non-hydrogen) atoms. The van der Waals surface area contributed by atoms with Crippen molar-refractivity contribution in [3.05, 3.63) is 29.8 Å². The predicted molar refractivity (Wildman–Crippen MR) is 52.1 cm³/mol. The molecule has 0 radical (unpaired) electrons. The Hall–Kier alpha value is -0.870. The highest BCUT2D eigenvalue weighted by Crippen LogP contribution is 2.10. The second-order valence-electron chi connectivity index (χ2n) is 2.71. The van der Waals surface area contributed by atoms with Crippen molar-refractivity contribution < 1.29 is 8.42 Å². The highest BCUT2D eigenvalue weighted by atomic mass is 32.2. The molecule has 1 aromatic rings. The van der Waals surface area contributed by atoms with Gasteiger partial charge in [0, 0.05) is 0 Å². The lowest BCUT2D eigenvalue weighted by Crippen LogP contribution is -2.18. The van der Waals surface area contributed by atoms with Crippen molar-refractivity contribution in [2.24, 2.45) is 0 Å². The van der Waals surface area contributed by atoms with Crippen molar-refractivity contribution in [2.45, 2.75) is 18.2 Å². The minimum absolute atomic E-state index is 0.328. The Morgan fingerprint density at radius 3 is 2.62 bits per heavy atom. The van der Waals surface area contributed by atoms with Gasteiger partial charge in [-0.1, -0.05) is 19.1 Å². The molecule has 0 aliphatic rings. The van der Waals surface area contributed by atoms with Gasteiger partial charge in [-0.25, -0.2) is 13.1 Å². The average molecular weight is 199 g/mol. The quantitative estimate of drug-likeness (QED) is 0.794. The number of rotatable bonds is 3. The van der Waals surface area contributed by atoms with Crippen molar-refractivity contribution in [3.63, 3.8) is 0 Å². The summed E-state index contributed by atoms with van der Waals surface area (Å²) in [6.07, 6.45) is 0.840. The van der Waals surface area contributed by atoms with E-state index in [1.54, 1.807) is 18.2 Å². The summed E-state index contributed by atoms with van der Waals surface area (Å²) in [4.78, 5) is 0.328. The number of hydrogen-bond donors (Lipinski definition) is 1. The summed E-state index contributed by atoms with van der Waals surface area (Å²) in [5.74, 6) is 0. The summed E-state index contributed by atoms with van der Waals surface area (Å²) in [5.41, 5.74) is 1.02. The largest absolute Gasteiger partial charge is 0.240 e. The third kappa shape index (κ3) is 2.29. The lowest BCUT2D eigenvalue weighted by atomic mass is 10.2. The van der Waals surface area contributed by atoms with E-state index in [1.165, 1.54) is 7.05 Å². The van der Waals surface area contributed by atoms with Crippen LogP contribution < -0.4 is 4.72 Å². The number of hydrogen-bond acceptors (Lipinski definition) is 2. The summed E-state index contributed by atoms with van der Waals surface area (Å²) < 4.78 is 25.0. The Morgan fingerprint density at radius 1 is 1.38 bits per heavy atom. The smallest absolute Gasteiger partial charge is 0.214 e. The first-order valence-corrected chi connectivity index (χ1v) is 5.61. The van der Waals surface area contributed by atoms with Crippen LogP contribution in [0.4, 0.5) is 0 Å². The molecule has 0 spiro atoms. The number of benzene rings is 1. The summed E-state index contributed by atoms with van der Waals surface area (Å²) >= 11 is 0. The van der Waals surface area contributed by atoms with Crippen LogP contribution in [0.15, 0.2) is 29.2 Å². The predicted octanol–water partition coefficient (Wildman–Crippen LogP) is 1.16. The molecule has 0 fully saturated rings. The summed E-state index contributed by atoms with van der Waals surface area (Å²) in [6.45, 7) is 1.99. The third-order valence-corrected chi connectivity index (χ3v) is 3.30. The van der Waals surface area contributed by atoms with Crippen LogP contribution in [-0.4, -0.2) is 15.5 Å². The van der Waals surface area contributed by atoms with Crippen LogP contribution in [0, 0.1) is 0 Å². The van der Waals surface area contributed by atoms with Crippen molar-refractivity contribution in [1.29, 1.82) is 0 Å². The maximum absolute atomic E-state index is 11.4. The van der Waals surface area contributed by atoms with Gasteiger partial charge in [0.1, 0.15) is 0 Å². The third-order valence-electron chi connectivity index (χ3n) is 1.89. The van der Waals surface area contributed by atoms with Crippen LogP contribution in [0.3, 0.4) is 0 Å². The minimum atomic E-state index is -3.28. The van der Waals surface area contributed by atoms with Crippen LogP contribution >= 0.6 is 0 Å². The molecule has 1 N–H and O–H groups in total. The van der Waals surface area contributed by atoms with Crippen LogP contribution in [0.2, 0.25) is 0 Å². The highest BCUT2D eigenvalue weighted by Gasteiger charge is 2.10. The van der Waals surface area contributed by atoms with E-state index in [1.807, 2.05) is 13.0 Å². The Bertz CT molecular complexity index is 384. The highest BCUT2D eigenvalue weighted by molar-refractivity contribution is 7.89. The van der Waals surface area contributed by atoms with Crippen LogP contribution in [0.5, 0.6) is 0 Å². The van der Waals surface area contributed by atoms with Gasteiger partial charge in [0.2, 0.25) is 10.0 Å². The monoisotopic (exact) mass is 199 g/mol.